The summed E-state index contributed by atoms with van der Waals surface area (Å²) in [6.07, 6.45) is 5.43. The standard InChI is InChI=1S/C23H34N6O5/c1-27(2)21(34)19(32)26-23-9-6-14(7-10-23)13-29-20(33)17(30)16(25-22(23)29)18(31)24-11-8-15-5-4-12-28(15)3/h14-15,30H,4-13H2,1-3H3,(H,24,31)(H,26,32). The predicted molar refractivity (Wildman–Crippen MR) is 123 cm³/mol. The van der Waals surface area contributed by atoms with E-state index in [0.29, 0.717) is 32.0 Å². The topological polar surface area (TPSA) is 137 Å². The molecule has 1 aromatic rings. The number of hydrogen-bond donors (Lipinski definition) is 3. The number of likely N-dealkylation sites (N-methyl/N-ethyl adjacent to an activating group) is 1. The number of rotatable bonds is 5. The highest BCUT2D eigenvalue weighted by atomic mass is 16.3. The van der Waals surface area contributed by atoms with Crippen molar-refractivity contribution in [3.05, 3.63) is 21.9 Å². The van der Waals surface area contributed by atoms with Crippen LogP contribution in [0, 0.1) is 5.92 Å². The van der Waals surface area contributed by atoms with Gasteiger partial charge in [0.15, 0.2) is 5.69 Å². The smallest absolute Gasteiger partial charge is 0.311 e. The lowest BCUT2D eigenvalue weighted by molar-refractivity contribution is -0.145. The summed E-state index contributed by atoms with van der Waals surface area (Å²) in [5.74, 6) is -2.38. The molecule has 34 heavy (non-hydrogen) atoms. The van der Waals surface area contributed by atoms with Crippen molar-refractivity contribution >= 4 is 17.7 Å². The zero-order valence-corrected chi connectivity index (χ0v) is 20.1. The first kappa shape index (κ1) is 24.2. The fraction of sp³-hybridized carbons (Fsp3) is 0.696. The Morgan fingerprint density at radius 2 is 1.91 bits per heavy atom. The van der Waals surface area contributed by atoms with Crippen LogP contribution in [0.15, 0.2) is 4.79 Å². The van der Waals surface area contributed by atoms with E-state index in [-0.39, 0.29) is 17.4 Å². The van der Waals surface area contributed by atoms with E-state index in [1.165, 1.54) is 23.6 Å². The van der Waals surface area contributed by atoms with Gasteiger partial charge in [-0.1, -0.05) is 0 Å². The third-order valence-electron chi connectivity index (χ3n) is 7.58. The van der Waals surface area contributed by atoms with Gasteiger partial charge in [0.05, 0.1) is 5.54 Å². The fourth-order valence-corrected chi connectivity index (χ4v) is 5.51. The molecule has 1 saturated carbocycles. The summed E-state index contributed by atoms with van der Waals surface area (Å²) >= 11 is 0. The van der Waals surface area contributed by atoms with Crippen LogP contribution in [-0.2, 0) is 21.7 Å². The predicted octanol–water partition coefficient (Wildman–Crippen LogP) is -0.233. The molecule has 11 heteroatoms. The molecule has 0 aromatic carbocycles. The van der Waals surface area contributed by atoms with Crippen LogP contribution in [0.1, 0.15) is 61.3 Å². The van der Waals surface area contributed by atoms with Crippen LogP contribution in [0.25, 0.3) is 0 Å². The highest BCUT2D eigenvalue weighted by Crippen LogP contribution is 2.42. The third kappa shape index (κ3) is 4.40. The summed E-state index contributed by atoms with van der Waals surface area (Å²) < 4.78 is 1.37. The number of aromatic nitrogens is 2. The molecule has 0 radical (unpaired) electrons. The average molecular weight is 475 g/mol. The Morgan fingerprint density at radius 3 is 2.53 bits per heavy atom. The van der Waals surface area contributed by atoms with Gasteiger partial charge < -0.3 is 25.5 Å². The van der Waals surface area contributed by atoms with E-state index in [0.717, 1.165) is 38.6 Å². The van der Waals surface area contributed by atoms with Gasteiger partial charge in [0.2, 0.25) is 5.75 Å². The first-order valence-electron chi connectivity index (χ1n) is 12.0. The number of carbonyl (C=O) groups excluding carboxylic acids is 3. The van der Waals surface area contributed by atoms with Gasteiger partial charge >= 0.3 is 11.8 Å². The quantitative estimate of drug-likeness (QED) is 0.501. The second-order valence-corrected chi connectivity index (χ2v) is 10.0. The molecule has 0 spiro atoms. The molecule has 3 amide bonds. The van der Waals surface area contributed by atoms with Crippen molar-refractivity contribution < 1.29 is 19.5 Å². The normalized spacial score (nSPS) is 26.0. The summed E-state index contributed by atoms with van der Waals surface area (Å²) in [5, 5.41) is 16.2. The Hall–Kier alpha value is -2.95. The van der Waals surface area contributed by atoms with Crippen molar-refractivity contribution in [3.63, 3.8) is 0 Å². The van der Waals surface area contributed by atoms with Crippen LogP contribution in [-0.4, -0.2) is 82.5 Å². The van der Waals surface area contributed by atoms with E-state index >= 15 is 0 Å². The lowest BCUT2D eigenvalue weighted by atomic mass is 9.77. The number of amides is 3. The molecule has 4 aliphatic rings. The molecule has 186 valence electrons. The molecule has 3 N–H and O–H groups in total. The molecular weight excluding hydrogens is 440 g/mol. The van der Waals surface area contributed by atoms with Crippen LogP contribution in [0.4, 0.5) is 0 Å². The SMILES string of the molecule is CN(C)C(=O)C(=O)NC12CCC(CC1)Cn1c2nc(C(=O)NCCC2CCCN2C)c(O)c1=O. The second kappa shape index (κ2) is 9.36. The number of likely N-dealkylation sites (tertiary alicyclic amines) is 1. The second-order valence-electron chi connectivity index (χ2n) is 10.0. The number of hydrogen-bond acceptors (Lipinski definition) is 7. The van der Waals surface area contributed by atoms with E-state index in [1.54, 1.807) is 0 Å². The van der Waals surface area contributed by atoms with E-state index in [1.807, 2.05) is 0 Å². The Morgan fingerprint density at radius 1 is 1.21 bits per heavy atom. The molecule has 1 aromatic heterocycles. The van der Waals surface area contributed by atoms with Crippen LogP contribution in [0.5, 0.6) is 5.75 Å². The highest BCUT2D eigenvalue weighted by Gasteiger charge is 2.46. The van der Waals surface area contributed by atoms with E-state index in [9.17, 15) is 24.3 Å². The van der Waals surface area contributed by atoms with E-state index < -0.39 is 34.6 Å². The lowest BCUT2D eigenvalue weighted by Crippen LogP contribution is -2.53. The van der Waals surface area contributed by atoms with Gasteiger partial charge in [-0.15, -0.1) is 0 Å². The van der Waals surface area contributed by atoms with Crippen molar-refractivity contribution in [1.82, 2.24) is 30.0 Å². The van der Waals surface area contributed by atoms with E-state index in [4.69, 9.17) is 0 Å². The van der Waals surface area contributed by atoms with Gasteiger partial charge in [-0.05, 0) is 64.5 Å². The number of nitrogens with zero attached hydrogens (tertiary/aromatic N) is 4. The van der Waals surface area contributed by atoms with Gasteiger partial charge in [-0.2, -0.15) is 0 Å². The molecule has 1 aliphatic carbocycles. The van der Waals surface area contributed by atoms with Crippen molar-refractivity contribution in [2.75, 3.05) is 34.2 Å². The third-order valence-corrected chi connectivity index (χ3v) is 7.58. The van der Waals surface area contributed by atoms with E-state index in [2.05, 4.69) is 27.6 Å². The van der Waals surface area contributed by atoms with Gasteiger partial charge in [0.1, 0.15) is 5.82 Å². The maximum absolute atomic E-state index is 13.1. The Bertz CT molecular complexity index is 1040. The maximum atomic E-state index is 13.1. The molecule has 2 fully saturated rings. The Labute approximate surface area is 198 Å². The monoisotopic (exact) mass is 474 g/mol. The maximum Gasteiger partial charge on any atom is 0.311 e. The van der Waals surface area contributed by atoms with Crippen molar-refractivity contribution in [1.29, 1.82) is 0 Å². The molecule has 3 aliphatic heterocycles. The van der Waals surface area contributed by atoms with Crippen molar-refractivity contribution in [2.45, 2.75) is 63.1 Å². The lowest BCUT2D eigenvalue weighted by Gasteiger charge is -2.37. The number of aromatic hydroxyl groups is 1. The summed E-state index contributed by atoms with van der Waals surface area (Å²) in [6, 6.07) is 0.391. The molecule has 11 nitrogen and oxygen atoms in total. The molecule has 2 bridgehead atoms. The van der Waals surface area contributed by atoms with Gasteiger partial charge in [-0.25, -0.2) is 4.98 Å². The average Bonchev–Trinajstić information content (AvgIpc) is 3.07. The first-order chi connectivity index (χ1) is 16.1. The van der Waals surface area contributed by atoms with Crippen LogP contribution < -0.4 is 16.2 Å². The fourth-order valence-electron chi connectivity index (χ4n) is 5.51. The van der Waals surface area contributed by atoms with Crippen LogP contribution in [0.3, 0.4) is 0 Å². The van der Waals surface area contributed by atoms with Gasteiger partial charge in [0.25, 0.3) is 11.5 Å². The number of fused-ring (bicyclic) bond motifs is 2. The Balaban J connectivity index is 1.63. The zero-order valence-electron chi connectivity index (χ0n) is 20.1. The van der Waals surface area contributed by atoms with Crippen LogP contribution in [0.2, 0.25) is 0 Å². The molecular formula is C23H34N6O5. The van der Waals surface area contributed by atoms with Gasteiger partial charge in [0, 0.05) is 33.2 Å². The minimum Gasteiger partial charge on any atom is -0.501 e. The zero-order chi connectivity index (χ0) is 24.6. The number of carbonyl (C=O) groups is 3. The molecule has 1 saturated heterocycles. The molecule has 5 rings (SSSR count). The van der Waals surface area contributed by atoms with Crippen molar-refractivity contribution in [3.8, 4) is 5.75 Å². The number of nitrogens with one attached hydrogen (secondary N) is 2. The first-order valence-corrected chi connectivity index (χ1v) is 12.0. The molecule has 4 heterocycles. The summed E-state index contributed by atoms with van der Waals surface area (Å²) in [7, 11) is 5.04. The largest absolute Gasteiger partial charge is 0.501 e. The minimum atomic E-state index is -1.05. The minimum absolute atomic E-state index is 0.192. The summed E-state index contributed by atoms with van der Waals surface area (Å²) in [6.45, 7) is 1.78. The molecule has 1 unspecified atom stereocenters. The van der Waals surface area contributed by atoms with Crippen molar-refractivity contribution in [2.24, 2.45) is 5.92 Å². The van der Waals surface area contributed by atoms with Crippen LogP contribution >= 0.6 is 0 Å². The summed E-state index contributed by atoms with van der Waals surface area (Å²) in [5.41, 5.74) is -2.09. The Kier molecular flexibility index (Phi) is 6.66. The van der Waals surface area contributed by atoms with Gasteiger partial charge in [-0.3, -0.25) is 23.7 Å². The summed E-state index contributed by atoms with van der Waals surface area (Å²) in [4.78, 5) is 58.9. The highest BCUT2D eigenvalue weighted by molar-refractivity contribution is 6.35. The molecule has 1 atom stereocenters.